The average Bonchev–Trinajstić information content (AvgIpc) is 3.17. The van der Waals surface area contributed by atoms with Crippen LogP contribution < -0.4 is 5.32 Å². The van der Waals surface area contributed by atoms with Crippen LogP contribution in [0.2, 0.25) is 0 Å². The molecule has 1 unspecified atom stereocenters. The fourth-order valence-electron chi connectivity index (χ4n) is 3.90. The molecule has 1 fully saturated rings. The zero-order valence-corrected chi connectivity index (χ0v) is 17.3. The van der Waals surface area contributed by atoms with Gasteiger partial charge in [-0.05, 0) is 30.0 Å². The number of nitrogens with one attached hydrogen (secondary N) is 1. The van der Waals surface area contributed by atoms with E-state index in [1.165, 1.54) is 17.0 Å². The number of likely N-dealkylation sites (tertiary alicyclic amines) is 1. The van der Waals surface area contributed by atoms with Gasteiger partial charge in [0.05, 0.1) is 18.2 Å². The first-order valence-electron chi connectivity index (χ1n) is 10.4. The Morgan fingerprint density at radius 3 is 2.52 bits per heavy atom. The van der Waals surface area contributed by atoms with Gasteiger partial charge in [-0.3, -0.25) is 19.2 Å². The Morgan fingerprint density at radius 1 is 1.16 bits per heavy atom. The predicted octanol–water partition coefficient (Wildman–Crippen LogP) is 3.18. The lowest BCUT2D eigenvalue weighted by Crippen LogP contribution is -2.41. The fourth-order valence-corrected chi connectivity index (χ4v) is 3.90. The summed E-state index contributed by atoms with van der Waals surface area (Å²) in [7, 11) is 0. The van der Waals surface area contributed by atoms with Crippen LogP contribution in [0.4, 0.5) is 4.39 Å². The van der Waals surface area contributed by atoms with Gasteiger partial charge >= 0.3 is 0 Å². The molecule has 0 spiro atoms. The van der Waals surface area contributed by atoms with Crippen LogP contribution in [-0.4, -0.2) is 41.9 Å². The van der Waals surface area contributed by atoms with E-state index in [0.717, 1.165) is 11.6 Å². The zero-order chi connectivity index (χ0) is 22.4. The van der Waals surface area contributed by atoms with E-state index in [-0.39, 0.29) is 29.6 Å². The molecule has 0 aliphatic carbocycles. The molecule has 2 atom stereocenters. The number of aldehydes is 1. The van der Waals surface area contributed by atoms with Gasteiger partial charge in [-0.1, -0.05) is 49.4 Å². The average molecular weight is 424 g/mol. The van der Waals surface area contributed by atoms with E-state index in [1.54, 1.807) is 0 Å². The minimum atomic E-state index is -1.40. The van der Waals surface area contributed by atoms with Crippen LogP contribution in [0.5, 0.6) is 0 Å². The van der Waals surface area contributed by atoms with Crippen molar-refractivity contribution in [2.75, 3.05) is 13.1 Å². The molecule has 31 heavy (non-hydrogen) atoms. The highest BCUT2D eigenvalue weighted by Crippen LogP contribution is 2.26. The van der Waals surface area contributed by atoms with Gasteiger partial charge in [0.15, 0.2) is 12.1 Å². The third-order valence-corrected chi connectivity index (χ3v) is 5.54. The van der Waals surface area contributed by atoms with Crippen LogP contribution in [-0.2, 0) is 14.4 Å². The minimum absolute atomic E-state index is 0.00654. The standard InChI is InChI=1S/C24H25FN2O4/c1-2-20(16-8-4-3-5-9-16)26-24(31)23(17-10-6-11-19(25)18(17)15-28)21(29)14-27-13-7-12-22(27)30/h3-6,8-11,15,20,23H,2,7,12-14H2,1H3,(H,26,31)/t20-,23?/m0/s1. The molecule has 1 aliphatic heterocycles. The maximum absolute atomic E-state index is 14.3. The van der Waals surface area contributed by atoms with Crippen LogP contribution in [0.1, 0.15) is 59.6 Å². The third-order valence-electron chi connectivity index (χ3n) is 5.54. The smallest absolute Gasteiger partial charge is 0.235 e. The van der Waals surface area contributed by atoms with Crippen molar-refractivity contribution in [3.8, 4) is 0 Å². The summed E-state index contributed by atoms with van der Waals surface area (Å²) in [5.74, 6) is -3.53. The monoisotopic (exact) mass is 424 g/mol. The molecule has 1 heterocycles. The Labute approximate surface area is 180 Å². The predicted molar refractivity (Wildman–Crippen MR) is 113 cm³/mol. The number of halogens is 1. The Bertz CT molecular complexity index is 977. The van der Waals surface area contributed by atoms with E-state index in [0.29, 0.717) is 32.1 Å². The molecule has 0 radical (unpaired) electrons. The van der Waals surface area contributed by atoms with E-state index in [4.69, 9.17) is 0 Å². The van der Waals surface area contributed by atoms with E-state index >= 15 is 0 Å². The van der Waals surface area contributed by atoms with E-state index < -0.39 is 23.4 Å². The van der Waals surface area contributed by atoms with Crippen LogP contribution in [0.3, 0.4) is 0 Å². The van der Waals surface area contributed by atoms with Crippen LogP contribution in [0.15, 0.2) is 48.5 Å². The van der Waals surface area contributed by atoms with E-state index in [1.807, 2.05) is 37.3 Å². The number of carbonyl (C=O) groups is 4. The van der Waals surface area contributed by atoms with Crippen LogP contribution >= 0.6 is 0 Å². The van der Waals surface area contributed by atoms with Crippen molar-refractivity contribution >= 4 is 23.9 Å². The topological polar surface area (TPSA) is 83.6 Å². The van der Waals surface area contributed by atoms with Crippen molar-refractivity contribution in [2.24, 2.45) is 0 Å². The van der Waals surface area contributed by atoms with Crippen molar-refractivity contribution in [2.45, 2.75) is 38.1 Å². The van der Waals surface area contributed by atoms with Crippen molar-refractivity contribution in [1.82, 2.24) is 10.2 Å². The van der Waals surface area contributed by atoms with Crippen LogP contribution in [0.25, 0.3) is 0 Å². The molecular formula is C24H25FN2O4. The Kier molecular flexibility index (Phi) is 7.28. The van der Waals surface area contributed by atoms with E-state index in [9.17, 15) is 23.6 Å². The van der Waals surface area contributed by atoms with Gasteiger partial charge in [0, 0.05) is 13.0 Å². The van der Waals surface area contributed by atoms with E-state index in [2.05, 4.69) is 5.32 Å². The lowest BCUT2D eigenvalue weighted by Gasteiger charge is -2.24. The van der Waals surface area contributed by atoms with Gasteiger partial charge in [-0.25, -0.2) is 4.39 Å². The largest absolute Gasteiger partial charge is 0.348 e. The molecule has 0 saturated carbocycles. The van der Waals surface area contributed by atoms with Crippen LogP contribution in [0, 0.1) is 5.82 Å². The number of benzene rings is 2. The lowest BCUT2D eigenvalue weighted by molar-refractivity contribution is -0.136. The maximum atomic E-state index is 14.3. The molecule has 2 amide bonds. The second-order valence-corrected chi connectivity index (χ2v) is 7.56. The minimum Gasteiger partial charge on any atom is -0.348 e. The second kappa shape index (κ2) is 10.1. The number of nitrogens with zero attached hydrogens (tertiary/aromatic N) is 1. The Balaban J connectivity index is 1.94. The number of ketones is 1. The molecule has 1 saturated heterocycles. The molecule has 2 aromatic carbocycles. The summed E-state index contributed by atoms with van der Waals surface area (Å²) in [5, 5.41) is 2.87. The quantitative estimate of drug-likeness (QED) is 0.495. The summed E-state index contributed by atoms with van der Waals surface area (Å²) in [6.07, 6.45) is 1.89. The number of carbonyl (C=O) groups excluding carboxylic acids is 4. The molecule has 1 N–H and O–H groups in total. The summed E-state index contributed by atoms with van der Waals surface area (Å²) in [6, 6.07) is 12.8. The lowest BCUT2D eigenvalue weighted by atomic mass is 9.89. The van der Waals surface area contributed by atoms with Crippen molar-refractivity contribution in [1.29, 1.82) is 0 Å². The van der Waals surface area contributed by atoms with Gasteiger partial charge in [-0.15, -0.1) is 0 Å². The molecule has 2 aromatic rings. The molecule has 162 valence electrons. The fraction of sp³-hybridized carbons (Fsp3) is 0.333. The summed E-state index contributed by atoms with van der Waals surface area (Å²) >= 11 is 0. The summed E-state index contributed by atoms with van der Waals surface area (Å²) in [5.41, 5.74) is 0.553. The molecule has 6 nitrogen and oxygen atoms in total. The Hall–Kier alpha value is -3.35. The van der Waals surface area contributed by atoms with Crippen molar-refractivity contribution < 1.29 is 23.6 Å². The number of hydrogen-bond acceptors (Lipinski definition) is 4. The van der Waals surface area contributed by atoms with Gasteiger partial charge in [-0.2, -0.15) is 0 Å². The number of rotatable bonds is 9. The molecule has 1 aliphatic rings. The highest BCUT2D eigenvalue weighted by Gasteiger charge is 2.35. The molecule has 3 rings (SSSR count). The number of amides is 2. The highest BCUT2D eigenvalue weighted by atomic mass is 19.1. The molecular weight excluding hydrogens is 399 g/mol. The first-order chi connectivity index (χ1) is 15.0. The normalized spacial score (nSPS) is 15.4. The van der Waals surface area contributed by atoms with Gasteiger partial charge in [0.2, 0.25) is 11.8 Å². The van der Waals surface area contributed by atoms with Gasteiger partial charge in [0.25, 0.3) is 0 Å². The van der Waals surface area contributed by atoms with Gasteiger partial charge in [0.1, 0.15) is 11.7 Å². The summed E-state index contributed by atoms with van der Waals surface area (Å²) in [6.45, 7) is 2.08. The second-order valence-electron chi connectivity index (χ2n) is 7.56. The number of hydrogen-bond donors (Lipinski definition) is 1. The summed E-state index contributed by atoms with van der Waals surface area (Å²) < 4.78 is 14.3. The third kappa shape index (κ3) is 5.05. The number of Topliss-reactive ketones (excluding diaryl/α,β-unsaturated/α-hetero) is 1. The van der Waals surface area contributed by atoms with Crippen molar-refractivity contribution in [3.63, 3.8) is 0 Å². The highest BCUT2D eigenvalue weighted by molar-refractivity contribution is 6.09. The maximum Gasteiger partial charge on any atom is 0.235 e. The molecule has 0 aromatic heterocycles. The zero-order valence-electron chi connectivity index (χ0n) is 17.3. The van der Waals surface area contributed by atoms with Gasteiger partial charge < -0.3 is 10.2 Å². The SMILES string of the molecule is CC[C@H](NC(=O)C(C(=O)CN1CCCC1=O)c1cccc(F)c1C=O)c1ccccc1. The summed E-state index contributed by atoms with van der Waals surface area (Å²) in [4.78, 5) is 51.4. The first kappa shape index (κ1) is 22.3. The van der Waals surface area contributed by atoms with Crippen molar-refractivity contribution in [3.05, 3.63) is 71.0 Å². The molecule has 0 bridgehead atoms. The first-order valence-corrected chi connectivity index (χ1v) is 10.4. The Morgan fingerprint density at radius 2 is 1.90 bits per heavy atom. The molecule has 7 heteroatoms.